The van der Waals surface area contributed by atoms with Crippen LogP contribution in [0, 0.1) is 5.92 Å². The van der Waals surface area contributed by atoms with Gasteiger partial charge in [0.05, 0.1) is 5.57 Å². The third-order valence-corrected chi connectivity index (χ3v) is 7.35. The molecule has 2 rings (SSSR count). The van der Waals surface area contributed by atoms with Gasteiger partial charge in [0.1, 0.15) is 5.60 Å². The lowest BCUT2D eigenvalue weighted by Gasteiger charge is -2.42. The molecule has 1 saturated heterocycles. The summed E-state index contributed by atoms with van der Waals surface area (Å²) in [5.74, 6) is 1.10. The molecule has 1 atom stereocenters. The fraction of sp³-hybridized carbons (Fsp3) is 0.750. The molecule has 0 bridgehead atoms. The van der Waals surface area contributed by atoms with E-state index in [2.05, 4.69) is 11.9 Å². The molecule has 1 amide bonds. The average molecular weight is 570 g/mol. The Morgan fingerprint density at radius 2 is 1.68 bits per heavy atom. The standard InChI is InChI=1S/C23H36F3N3O2.C9H18/c1-9-11-12-27-17(4)20(19(10-2)23(24,25)26)18(5)28-13-14-29(16(3)15-28)21(30)31-22(6,7)8;1-2-6-9-7-4-3-5-8-9/h10-12,16H,9,13-15H2,1-8H3;9H,2-8H2,1H3/b12-11+,19-10+,20-18-,27-17+;. The number of hydrogen-bond acceptors (Lipinski definition) is 4. The van der Waals surface area contributed by atoms with Crippen LogP contribution in [0.25, 0.3) is 0 Å². The number of piperazine rings is 1. The first-order valence-corrected chi connectivity index (χ1v) is 15.0. The van der Waals surface area contributed by atoms with Crippen LogP contribution in [0.15, 0.2) is 40.2 Å². The zero-order chi connectivity index (χ0) is 30.5. The van der Waals surface area contributed by atoms with Crippen LogP contribution >= 0.6 is 0 Å². The zero-order valence-electron chi connectivity index (χ0n) is 26.5. The van der Waals surface area contributed by atoms with E-state index < -0.39 is 23.4 Å². The monoisotopic (exact) mass is 569 g/mol. The Hall–Kier alpha value is -2.25. The van der Waals surface area contributed by atoms with Crippen LogP contribution in [0.5, 0.6) is 0 Å². The van der Waals surface area contributed by atoms with Gasteiger partial charge in [-0.3, -0.25) is 4.99 Å². The average Bonchev–Trinajstić information content (AvgIpc) is 2.86. The fourth-order valence-corrected chi connectivity index (χ4v) is 5.33. The highest BCUT2D eigenvalue weighted by Crippen LogP contribution is 2.35. The van der Waals surface area contributed by atoms with Gasteiger partial charge >= 0.3 is 12.3 Å². The number of aliphatic imine (C=N–C) groups is 1. The summed E-state index contributed by atoms with van der Waals surface area (Å²) >= 11 is 0. The first-order chi connectivity index (χ1) is 18.7. The minimum atomic E-state index is -4.50. The molecule has 40 heavy (non-hydrogen) atoms. The van der Waals surface area contributed by atoms with Crippen LogP contribution in [0.2, 0.25) is 0 Å². The van der Waals surface area contributed by atoms with Gasteiger partial charge in [0.2, 0.25) is 0 Å². The van der Waals surface area contributed by atoms with Gasteiger partial charge in [-0.1, -0.05) is 70.9 Å². The Morgan fingerprint density at radius 1 is 1.05 bits per heavy atom. The number of hydrogen-bond donors (Lipinski definition) is 0. The predicted molar refractivity (Wildman–Crippen MR) is 161 cm³/mol. The number of amides is 1. The highest BCUT2D eigenvalue weighted by molar-refractivity contribution is 6.03. The maximum Gasteiger partial charge on any atom is 0.416 e. The first-order valence-electron chi connectivity index (χ1n) is 15.0. The van der Waals surface area contributed by atoms with Crippen LogP contribution in [-0.2, 0) is 4.74 Å². The normalized spacial score (nSPS) is 20.8. The lowest BCUT2D eigenvalue weighted by atomic mass is 9.86. The molecule has 0 aromatic carbocycles. The number of halogens is 3. The molecule has 230 valence electrons. The molecular weight excluding hydrogens is 515 g/mol. The lowest BCUT2D eigenvalue weighted by Crippen LogP contribution is -2.54. The van der Waals surface area contributed by atoms with Crippen molar-refractivity contribution in [2.45, 2.75) is 131 Å². The molecule has 8 heteroatoms. The van der Waals surface area contributed by atoms with Gasteiger partial charge in [-0.15, -0.1) is 0 Å². The fourth-order valence-electron chi connectivity index (χ4n) is 5.33. The number of rotatable bonds is 7. The molecule has 1 heterocycles. The molecule has 5 nitrogen and oxygen atoms in total. The van der Waals surface area contributed by atoms with Crippen LogP contribution in [0.3, 0.4) is 0 Å². The summed E-state index contributed by atoms with van der Waals surface area (Å²) in [6.07, 6.45) is 10.7. The molecule has 1 unspecified atom stereocenters. The lowest BCUT2D eigenvalue weighted by molar-refractivity contribution is -0.0891. The second-order valence-corrected chi connectivity index (χ2v) is 11.9. The Kier molecular flexibility index (Phi) is 15.1. The van der Waals surface area contributed by atoms with E-state index in [0.717, 1.165) is 18.4 Å². The highest BCUT2D eigenvalue weighted by atomic mass is 19.4. The predicted octanol–water partition coefficient (Wildman–Crippen LogP) is 9.46. The van der Waals surface area contributed by atoms with Gasteiger partial charge in [0.25, 0.3) is 0 Å². The van der Waals surface area contributed by atoms with Gasteiger partial charge in [0.15, 0.2) is 0 Å². The molecular formula is C32H54F3N3O2. The molecule has 1 aliphatic carbocycles. The molecule has 0 radical (unpaired) electrons. The second kappa shape index (κ2) is 16.9. The van der Waals surface area contributed by atoms with Crippen LogP contribution in [0.4, 0.5) is 18.0 Å². The molecule has 1 aliphatic heterocycles. The number of allylic oxidation sites excluding steroid dienone is 5. The van der Waals surface area contributed by atoms with E-state index in [0.29, 0.717) is 31.0 Å². The molecule has 0 spiro atoms. The quantitative estimate of drug-likeness (QED) is 0.227. The Morgan fingerprint density at radius 3 is 2.15 bits per heavy atom. The van der Waals surface area contributed by atoms with E-state index in [1.165, 1.54) is 58.1 Å². The van der Waals surface area contributed by atoms with Crippen molar-refractivity contribution < 1.29 is 22.7 Å². The molecule has 2 fully saturated rings. The molecule has 2 aliphatic rings. The van der Waals surface area contributed by atoms with E-state index in [-0.39, 0.29) is 11.6 Å². The maximum absolute atomic E-state index is 13.8. The number of carbonyl (C=O) groups is 1. The third kappa shape index (κ3) is 12.1. The summed E-state index contributed by atoms with van der Waals surface area (Å²) in [7, 11) is 0. The van der Waals surface area contributed by atoms with Crippen molar-refractivity contribution in [2.75, 3.05) is 19.6 Å². The van der Waals surface area contributed by atoms with Crippen LogP contribution in [0.1, 0.15) is 114 Å². The number of carbonyl (C=O) groups excluding carboxylic acids is 1. The van der Waals surface area contributed by atoms with E-state index in [4.69, 9.17) is 4.74 Å². The molecule has 1 saturated carbocycles. The van der Waals surface area contributed by atoms with E-state index in [1.54, 1.807) is 45.6 Å². The summed E-state index contributed by atoms with van der Waals surface area (Å²) in [6.45, 7) is 17.3. The van der Waals surface area contributed by atoms with Gasteiger partial charge < -0.3 is 14.5 Å². The molecule has 0 aromatic rings. The van der Waals surface area contributed by atoms with Crippen molar-refractivity contribution in [1.82, 2.24) is 9.80 Å². The van der Waals surface area contributed by atoms with Gasteiger partial charge in [0, 0.05) is 48.9 Å². The minimum absolute atomic E-state index is 0.0775. The van der Waals surface area contributed by atoms with Gasteiger partial charge in [-0.2, -0.15) is 13.2 Å². The minimum Gasteiger partial charge on any atom is -0.444 e. The van der Waals surface area contributed by atoms with Crippen molar-refractivity contribution >= 4 is 11.8 Å². The third-order valence-electron chi connectivity index (χ3n) is 7.35. The smallest absolute Gasteiger partial charge is 0.416 e. The highest BCUT2D eigenvalue weighted by Gasteiger charge is 2.38. The van der Waals surface area contributed by atoms with E-state index in [1.807, 2.05) is 18.7 Å². The Bertz CT molecular complexity index is 905. The summed E-state index contributed by atoms with van der Waals surface area (Å²) in [4.78, 5) is 20.2. The summed E-state index contributed by atoms with van der Waals surface area (Å²) in [6, 6.07) is -0.211. The number of ether oxygens (including phenoxy) is 1. The topological polar surface area (TPSA) is 45.1 Å². The van der Waals surface area contributed by atoms with Crippen LogP contribution < -0.4 is 0 Å². The van der Waals surface area contributed by atoms with Crippen LogP contribution in [-0.4, -0.2) is 59.1 Å². The van der Waals surface area contributed by atoms with Gasteiger partial charge in [-0.05, 0) is 60.8 Å². The SMILES string of the molecule is CCCC1CCCCC1.C\C=C(C(/C(C)=N/C=C/CC)=C(/C)N1CCN(C(=O)OC(C)(C)C)C(C)C1)\C(F)(F)F. The Balaban J connectivity index is 0.000000747. The van der Waals surface area contributed by atoms with Crippen molar-refractivity contribution in [3.63, 3.8) is 0 Å². The Labute approximate surface area is 241 Å². The molecule has 0 aromatic heterocycles. The van der Waals surface area contributed by atoms with Crippen molar-refractivity contribution in [2.24, 2.45) is 10.9 Å². The number of alkyl halides is 3. The van der Waals surface area contributed by atoms with Crippen molar-refractivity contribution in [3.05, 3.63) is 35.2 Å². The second-order valence-electron chi connectivity index (χ2n) is 11.9. The summed E-state index contributed by atoms with van der Waals surface area (Å²) in [5.41, 5.74) is -0.446. The summed E-state index contributed by atoms with van der Waals surface area (Å²) in [5, 5.41) is 0. The largest absolute Gasteiger partial charge is 0.444 e. The van der Waals surface area contributed by atoms with Crippen molar-refractivity contribution in [1.29, 1.82) is 0 Å². The van der Waals surface area contributed by atoms with Crippen molar-refractivity contribution in [3.8, 4) is 0 Å². The van der Waals surface area contributed by atoms with E-state index in [9.17, 15) is 18.0 Å². The molecule has 0 N–H and O–H groups in total. The zero-order valence-corrected chi connectivity index (χ0v) is 26.5. The first kappa shape index (κ1) is 35.8. The number of nitrogens with zero attached hydrogens (tertiary/aromatic N) is 3. The maximum atomic E-state index is 13.8. The summed E-state index contributed by atoms with van der Waals surface area (Å²) < 4.78 is 46.8. The van der Waals surface area contributed by atoms with E-state index >= 15 is 0 Å². The van der Waals surface area contributed by atoms with Gasteiger partial charge in [-0.25, -0.2) is 4.79 Å².